The van der Waals surface area contributed by atoms with Gasteiger partial charge in [-0.3, -0.25) is 4.79 Å². The predicted octanol–water partition coefficient (Wildman–Crippen LogP) is 12.6. The summed E-state index contributed by atoms with van der Waals surface area (Å²) in [7, 11) is 0. The first kappa shape index (κ1) is 90.2. The fraction of sp³-hybridized carbons (Fsp3) is 0.812. The fourth-order valence-electron chi connectivity index (χ4n) is 12.9. The van der Waals surface area contributed by atoms with Gasteiger partial charge >= 0.3 is 0 Å². The number of hydrogen-bond acceptors (Lipinski definition) is 18. The highest BCUT2D eigenvalue weighted by atomic mass is 16.8. The normalized spacial score (nSPS) is 27.1. The van der Waals surface area contributed by atoms with Gasteiger partial charge in [0.25, 0.3) is 0 Å². The van der Waals surface area contributed by atoms with Gasteiger partial charge in [-0.2, -0.15) is 0 Å². The van der Waals surface area contributed by atoms with Crippen molar-refractivity contribution in [1.82, 2.24) is 5.32 Å². The van der Waals surface area contributed by atoms with Gasteiger partial charge < -0.3 is 89.9 Å². The molecule has 3 saturated heterocycles. The van der Waals surface area contributed by atoms with Gasteiger partial charge in [-0.05, 0) is 70.6 Å². The number of carbonyl (C=O) groups is 1. The van der Waals surface area contributed by atoms with E-state index >= 15 is 0 Å². The van der Waals surface area contributed by atoms with E-state index in [0.717, 1.165) is 89.9 Å². The predicted molar refractivity (Wildman–Crippen MR) is 392 cm³/mol. The Morgan fingerprint density at radius 3 is 1.09 bits per heavy atom. The lowest BCUT2D eigenvalue weighted by molar-refractivity contribution is -0.379. The third-order valence-corrected chi connectivity index (χ3v) is 19.2. The maximum absolute atomic E-state index is 13.4. The molecular weight excluding hydrogens is 1260 g/mol. The molecule has 0 aromatic heterocycles. The number of ether oxygens (including phenoxy) is 6. The van der Waals surface area contributed by atoms with Crippen molar-refractivity contribution in [3.05, 3.63) is 85.1 Å². The van der Waals surface area contributed by atoms with Crippen molar-refractivity contribution in [3.8, 4) is 0 Å². The molecule has 0 aromatic rings. The summed E-state index contributed by atoms with van der Waals surface area (Å²) in [5, 5.41) is 121. The number of hydrogen-bond donors (Lipinski definition) is 12. The van der Waals surface area contributed by atoms with E-state index in [1.165, 1.54) is 167 Å². The molecule has 17 atom stereocenters. The molecule has 3 rings (SSSR count). The van der Waals surface area contributed by atoms with E-state index in [0.29, 0.717) is 6.42 Å². The van der Waals surface area contributed by atoms with Crippen LogP contribution in [0.5, 0.6) is 0 Å². The van der Waals surface area contributed by atoms with E-state index in [1.54, 1.807) is 6.08 Å². The highest BCUT2D eigenvalue weighted by molar-refractivity contribution is 5.76. The minimum atomic E-state index is -1.99. The SMILES string of the molecule is CC/C=C\C/C=C\C/C=C\C/C=C\C/C=C\C/C=C\CCCCCCC(=O)NC(COC1OC(CO)C(OC2OC(CO)C(OC3OC(CO)C(O)C(O)C3O)C(O)C2O)C(O)C1O)C(O)/C=C/CCCCCCCCCCCCCCCCCCCCCCCCCCCCCCC. The Hall–Kier alpha value is -3.03. The molecule has 0 aliphatic carbocycles. The van der Waals surface area contributed by atoms with Crippen LogP contribution in [0.15, 0.2) is 85.1 Å². The van der Waals surface area contributed by atoms with Crippen molar-refractivity contribution < 1.29 is 89.4 Å². The van der Waals surface area contributed by atoms with Crippen LogP contribution in [0, 0.1) is 0 Å². The molecule has 3 aliphatic heterocycles. The Bertz CT molecular complexity index is 2120. The summed E-state index contributed by atoms with van der Waals surface area (Å²) in [6, 6.07) is -0.995. The molecule has 19 heteroatoms. The van der Waals surface area contributed by atoms with Crippen LogP contribution in [-0.4, -0.2) is 193 Å². The van der Waals surface area contributed by atoms with Crippen LogP contribution in [0.2, 0.25) is 0 Å². The molecule has 1 amide bonds. The van der Waals surface area contributed by atoms with Gasteiger partial charge in [0, 0.05) is 6.42 Å². The molecular formula is C80H141NO18. The Morgan fingerprint density at radius 2 is 0.697 bits per heavy atom. The molecule has 17 unspecified atom stereocenters. The van der Waals surface area contributed by atoms with Gasteiger partial charge in [-0.15, -0.1) is 0 Å². The first-order valence-corrected chi connectivity index (χ1v) is 39.3. The van der Waals surface area contributed by atoms with Gasteiger partial charge in [0.1, 0.15) is 73.2 Å². The Morgan fingerprint density at radius 1 is 0.374 bits per heavy atom. The van der Waals surface area contributed by atoms with E-state index in [1.807, 2.05) is 6.08 Å². The third-order valence-electron chi connectivity index (χ3n) is 19.2. The Labute approximate surface area is 597 Å². The summed E-state index contributed by atoms with van der Waals surface area (Å²) in [6.07, 6.45) is 52.8. The molecule has 0 saturated carbocycles. The molecule has 574 valence electrons. The average molecular weight is 1400 g/mol. The molecule has 0 bridgehead atoms. The summed E-state index contributed by atoms with van der Waals surface area (Å²) in [4.78, 5) is 13.4. The van der Waals surface area contributed by atoms with Crippen molar-refractivity contribution in [2.24, 2.45) is 0 Å². The van der Waals surface area contributed by atoms with E-state index in [-0.39, 0.29) is 18.9 Å². The van der Waals surface area contributed by atoms with Gasteiger partial charge in [0.15, 0.2) is 18.9 Å². The van der Waals surface area contributed by atoms with E-state index < -0.39 is 124 Å². The standard InChI is InChI=1S/C80H141NO18/c1-3-5-7-9-11-13-15-17-19-21-23-25-27-28-29-30-31-32-33-34-36-37-39-41-43-45-47-49-51-53-55-57-64(85)63(81-68(86)58-56-54-52-50-48-46-44-42-40-38-35-26-24-22-20-18-16-14-12-10-8-6-4-2)62-94-78-74(92)71(89)76(66(60-83)96-78)99-80-75(93)72(90)77(67(61-84)97-80)98-79-73(91)70(88)69(87)65(59-82)95-79/h6,8,12,14,18,20,24,26,38,40,44,46,55,57,63-67,69-80,82-85,87-93H,3-5,7,9-11,13,15-17,19,21-23,25,27-37,39,41-43,45,47-54,56,58-62H2,1-2H3,(H,81,86)/b8-6-,14-12-,20-18-,26-24-,40-38-,46-44-,57-55+. The monoisotopic (exact) mass is 1400 g/mol. The van der Waals surface area contributed by atoms with Crippen LogP contribution in [0.3, 0.4) is 0 Å². The second-order valence-corrected chi connectivity index (χ2v) is 27.8. The van der Waals surface area contributed by atoms with Crippen LogP contribution < -0.4 is 5.32 Å². The van der Waals surface area contributed by atoms with Crippen molar-refractivity contribution in [1.29, 1.82) is 0 Å². The minimum Gasteiger partial charge on any atom is -0.394 e. The number of unbranched alkanes of at least 4 members (excludes halogenated alkanes) is 33. The van der Waals surface area contributed by atoms with Crippen molar-refractivity contribution >= 4 is 5.91 Å². The largest absolute Gasteiger partial charge is 0.394 e. The number of nitrogens with one attached hydrogen (secondary N) is 1. The fourth-order valence-corrected chi connectivity index (χ4v) is 12.9. The number of rotatable bonds is 61. The molecule has 0 aromatic carbocycles. The van der Waals surface area contributed by atoms with Crippen LogP contribution in [0.4, 0.5) is 0 Å². The zero-order valence-corrected chi connectivity index (χ0v) is 61.2. The van der Waals surface area contributed by atoms with Crippen LogP contribution in [0.1, 0.15) is 284 Å². The topological polar surface area (TPSA) is 307 Å². The summed E-state index contributed by atoms with van der Waals surface area (Å²) in [5.74, 6) is -0.300. The Kier molecular flexibility index (Phi) is 54.9. The Balaban J connectivity index is 1.40. The van der Waals surface area contributed by atoms with Crippen LogP contribution in [0.25, 0.3) is 0 Å². The second kappa shape index (κ2) is 60.3. The van der Waals surface area contributed by atoms with Crippen LogP contribution in [-0.2, 0) is 33.2 Å². The number of carbonyl (C=O) groups excluding carboxylic acids is 1. The third kappa shape index (κ3) is 40.7. The highest BCUT2D eigenvalue weighted by Gasteiger charge is 2.53. The van der Waals surface area contributed by atoms with Gasteiger partial charge in [0.2, 0.25) is 5.91 Å². The first-order chi connectivity index (χ1) is 48.3. The zero-order chi connectivity index (χ0) is 71.8. The first-order valence-electron chi connectivity index (χ1n) is 39.3. The summed E-state index contributed by atoms with van der Waals surface area (Å²) < 4.78 is 34.4. The molecule has 99 heavy (non-hydrogen) atoms. The van der Waals surface area contributed by atoms with Crippen molar-refractivity contribution in [2.75, 3.05) is 26.4 Å². The van der Waals surface area contributed by atoms with E-state index in [4.69, 9.17) is 28.4 Å². The number of allylic oxidation sites excluding steroid dienone is 13. The maximum atomic E-state index is 13.4. The molecule has 12 N–H and O–H groups in total. The lowest BCUT2D eigenvalue weighted by atomic mass is 9.96. The zero-order valence-electron chi connectivity index (χ0n) is 61.2. The molecule has 19 nitrogen and oxygen atoms in total. The van der Waals surface area contributed by atoms with Gasteiger partial charge in [-0.25, -0.2) is 0 Å². The van der Waals surface area contributed by atoms with E-state index in [2.05, 4.69) is 92.1 Å². The maximum Gasteiger partial charge on any atom is 0.220 e. The lowest BCUT2D eigenvalue weighted by Crippen LogP contribution is -2.66. The number of amides is 1. The molecule has 3 fully saturated rings. The number of aliphatic hydroxyl groups is 11. The van der Waals surface area contributed by atoms with Crippen molar-refractivity contribution in [3.63, 3.8) is 0 Å². The summed E-state index contributed by atoms with van der Waals surface area (Å²) in [5.41, 5.74) is 0. The molecule has 0 spiro atoms. The van der Waals surface area contributed by atoms with Gasteiger partial charge in [-0.1, -0.05) is 292 Å². The average Bonchev–Trinajstić information content (AvgIpc) is 0.782. The highest BCUT2D eigenvalue weighted by Crippen LogP contribution is 2.33. The smallest absolute Gasteiger partial charge is 0.220 e. The summed E-state index contributed by atoms with van der Waals surface area (Å²) >= 11 is 0. The van der Waals surface area contributed by atoms with Crippen LogP contribution >= 0.6 is 0 Å². The minimum absolute atomic E-state index is 0.209. The lowest BCUT2D eigenvalue weighted by Gasteiger charge is -2.48. The van der Waals surface area contributed by atoms with Crippen molar-refractivity contribution in [2.45, 2.75) is 388 Å². The summed E-state index contributed by atoms with van der Waals surface area (Å²) in [6.45, 7) is 1.62. The second-order valence-electron chi connectivity index (χ2n) is 27.8. The van der Waals surface area contributed by atoms with Gasteiger partial charge in [0.05, 0.1) is 38.6 Å². The molecule has 3 heterocycles. The molecule has 0 radical (unpaired) electrons. The quantitative estimate of drug-likeness (QED) is 0.0199. The van der Waals surface area contributed by atoms with E-state index in [9.17, 15) is 61.0 Å². The number of aliphatic hydroxyl groups excluding tert-OH is 11. The molecule has 3 aliphatic rings.